The lowest BCUT2D eigenvalue weighted by atomic mass is 10.2. The second kappa shape index (κ2) is 10.5. The molecule has 0 saturated heterocycles. The van der Waals surface area contributed by atoms with Crippen molar-refractivity contribution in [3.05, 3.63) is 82.2 Å². The van der Waals surface area contributed by atoms with E-state index in [0.29, 0.717) is 22.1 Å². The van der Waals surface area contributed by atoms with Crippen molar-refractivity contribution in [1.29, 1.82) is 5.26 Å². The average molecular weight is 463 g/mol. The van der Waals surface area contributed by atoms with Crippen molar-refractivity contribution in [1.82, 2.24) is 29.1 Å². The van der Waals surface area contributed by atoms with Crippen molar-refractivity contribution < 1.29 is 8.78 Å². The van der Waals surface area contributed by atoms with Crippen molar-refractivity contribution in [3.63, 3.8) is 0 Å². The highest BCUT2D eigenvalue weighted by Crippen LogP contribution is 2.20. The van der Waals surface area contributed by atoms with Crippen molar-refractivity contribution in [2.45, 2.75) is 34.2 Å². The number of aromatic nitrogens is 6. The van der Waals surface area contributed by atoms with E-state index in [1.807, 2.05) is 27.7 Å². The number of hydrogen-bond donors (Lipinski definition) is 1. The molecule has 5 rings (SSSR count). The van der Waals surface area contributed by atoms with Crippen LogP contribution in [0.1, 0.15) is 38.8 Å². The fraction of sp³-hybridized carbons (Fsp3) is 0.208. The molecule has 0 bridgehead atoms. The number of halogens is 2. The van der Waals surface area contributed by atoms with E-state index < -0.39 is 17.3 Å². The molecule has 0 amide bonds. The van der Waals surface area contributed by atoms with Crippen molar-refractivity contribution in [3.8, 4) is 12.0 Å². The van der Waals surface area contributed by atoms with E-state index in [0.717, 1.165) is 16.7 Å². The molecule has 10 heteroatoms. The quantitative estimate of drug-likeness (QED) is 0.417. The number of nitrogens with zero attached hydrogens (tertiary/aromatic N) is 6. The average Bonchev–Trinajstić information content (AvgIpc) is 3.43. The van der Waals surface area contributed by atoms with Gasteiger partial charge in [0.1, 0.15) is 23.5 Å². The minimum Gasteiger partial charge on any atom is -0.303 e. The second-order valence-corrected chi connectivity index (χ2v) is 6.55. The highest BCUT2D eigenvalue weighted by Gasteiger charge is 2.16. The zero-order valence-electron chi connectivity index (χ0n) is 19.2. The van der Waals surface area contributed by atoms with Gasteiger partial charge in [0.05, 0.1) is 35.4 Å². The van der Waals surface area contributed by atoms with E-state index in [-0.39, 0.29) is 23.7 Å². The fourth-order valence-electron chi connectivity index (χ4n) is 3.28. The molecule has 0 atom stereocenters. The maximum absolute atomic E-state index is 14.1. The van der Waals surface area contributed by atoms with Crippen molar-refractivity contribution in [2.75, 3.05) is 0 Å². The van der Waals surface area contributed by atoms with Crippen molar-refractivity contribution >= 4 is 22.2 Å². The third kappa shape index (κ3) is 4.41. The van der Waals surface area contributed by atoms with Crippen LogP contribution in [0.4, 0.5) is 8.78 Å². The Bertz CT molecular complexity index is 1520. The number of imidazole rings is 2. The molecule has 0 fully saturated rings. The Kier molecular flexibility index (Phi) is 7.48. The molecule has 174 valence electrons. The number of nitrogens with one attached hydrogen (secondary N) is 1. The van der Waals surface area contributed by atoms with E-state index in [2.05, 4.69) is 26.0 Å². The summed E-state index contributed by atoms with van der Waals surface area (Å²) in [6.45, 7) is 7.66. The predicted octanol–water partition coefficient (Wildman–Crippen LogP) is 4.71. The van der Waals surface area contributed by atoms with E-state index in [4.69, 9.17) is 5.26 Å². The lowest BCUT2D eigenvalue weighted by Gasteiger charge is -2.07. The molecular weight excluding hydrogens is 440 g/mol. The summed E-state index contributed by atoms with van der Waals surface area (Å²) in [5.41, 5.74) is 1.39. The van der Waals surface area contributed by atoms with Crippen LogP contribution >= 0.6 is 0 Å². The molecule has 0 unspecified atom stereocenters. The third-order valence-electron chi connectivity index (χ3n) is 4.77. The lowest BCUT2D eigenvalue weighted by molar-refractivity contribution is 0.544. The Labute approximate surface area is 194 Å². The van der Waals surface area contributed by atoms with E-state index in [1.165, 1.54) is 18.6 Å². The van der Waals surface area contributed by atoms with Crippen LogP contribution in [0, 0.1) is 23.0 Å². The minimum absolute atomic E-state index is 0.186. The van der Waals surface area contributed by atoms with Gasteiger partial charge in [-0.2, -0.15) is 10.2 Å². The van der Waals surface area contributed by atoms with Gasteiger partial charge in [0, 0.05) is 5.56 Å². The van der Waals surface area contributed by atoms with Crippen LogP contribution in [0.5, 0.6) is 0 Å². The number of hydrogen-bond acceptors (Lipinski definition) is 5. The first-order valence-corrected chi connectivity index (χ1v) is 10.8. The summed E-state index contributed by atoms with van der Waals surface area (Å²) in [5.74, 6) is -1.31. The molecule has 3 aromatic heterocycles. The van der Waals surface area contributed by atoms with E-state index in [9.17, 15) is 13.6 Å². The molecule has 34 heavy (non-hydrogen) atoms. The first-order valence-electron chi connectivity index (χ1n) is 10.8. The fourth-order valence-corrected chi connectivity index (χ4v) is 3.28. The molecule has 0 spiro atoms. The molecular formula is C24H23F2N7O. The van der Waals surface area contributed by atoms with Crippen LogP contribution in [-0.4, -0.2) is 29.1 Å². The Morgan fingerprint density at radius 1 is 1.06 bits per heavy atom. The largest absolute Gasteiger partial charge is 0.328 e. The summed E-state index contributed by atoms with van der Waals surface area (Å²) in [4.78, 5) is 27.9. The van der Waals surface area contributed by atoms with E-state index in [1.54, 1.807) is 22.8 Å². The first kappa shape index (κ1) is 24.3. The van der Waals surface area contributed by atoms with Crippen LogP contribution < -0.4 is 5.69 Å². The van der Waals surface area contributed by atoms with Gasteiger partial charge in [-0.25, -0.2) is 23.5 Å². The predicted molar refractivity (Wildman–Crippen MR) is 126 cm³/mol. The number of H-pyrrole nitrogens is 1. The molecule has 0 aliphatic heterocycles. The summed E-state index contributed by atoms with van der Waals surface area (Å²) < 4.78 is 30.9. The van der Waals surface area contributed by atoms with Gasteiger partial charge in [-0.3, -0.25) is 9.13 Å². The zero-order chi connectivity index (χ0) is 24.8. The van der Waals surface area contributed by atoms with Crippen LogP contribution in [0.25, 0.3) is 28.1 Å². The van der Waals surface area contributed by atoms with E-state index >= 15 is 0 Å². The topological polar surface area (TPSA) is 105 Å². The monoisotopic (exact) mass is 463 g/mol. The SMILES string of the molecule is CC.CC.N#Cc1ccc2ncn(-c3ncc4[nH]c(=O)n(Cc5c(F)cccc5F)c4n3)c2c1. The van der Waals surface area contributed by atoms with Crippen LogP contribution in [-0.2, 0) is 6.54 Å². The number of aromatic amines is 1. The Hall–Kier alpha value is -4.39. The minimum atomic E-state index is -0.754. The molecule has 2 aromatic carbocycles. The Morgan fingerprint density at radius 2 is 1.76 bits per heavy atom. The van der Waals surface area contributed by atoms with Gasteiger partial charge in [0.2, 0.25) is 5.95 Å². The Morgan fingerprint density at radius 3 is 2.44 bits per heavy atom. The molecule has 1 N–H and O–H groups in total. The molecule has 0 radical (unpaired) electrons. The molecule has 0 aliphatic carbocycles. The number of nitriles is 1. The summed E-state index contributed by atoms with van der Waals surface area (Å²) in [6.07, 6.45) is 2.91. The zero-order valence-corrected chi connectivity index (χ0v) is 19.2. The maximum atomic E-state index is 14.1. The summed E-state index contributed by atoms with van der Waals surface area (Å²) in [7, 11) is 0. The molecule has 5 aromatic rings. The lowest BCUT2D eigenvalue weighted by Crippen LogP contribution is -2.19. The maximum Gasteiger partial charge on any atom is 0.328 e. The highest BCUT2D eigenvalue weighted by atomic mass is 19.1. The highest BCUT2D eigenvalue weighted by molar-refractivity contribution is 5.79. The summed E-state index contributed by atoms with van der Waals surface area (Å²) >= 11 is 0. The van der Waals surface area contributed by atoms with Gasteiger partial charge in [-0.05, 0) is 30.3 Å². The molecule has 8 nitrogen and oxygen atoms in total. The third-order valence-corrected chi connectivity index (χ3v) is 4.77. The van der Waals surface area contributed by atoms with Crippen LogP contribution in [0.2, 0.25) is 0 Å². The normalized spacial score (nSPS) is 10.3. The molecule has 3 heterocycles. The number of fused-ring (bicyclic) bond motifs is 2. The van der Waals surface area contributed by atoms with Crippen LogP contribution in [0.3, 0.4) is 0 Å². The number of benzene rings is 2. The summed E-state index contributed by atoms with van der Waals surface area (Å²) in [5, 5.41) is 9.15. The van der Waals surface area contributed by atoms with Crippen molar-refractivity contribution in [2.24, 2.45) is 0 Å². The standard InChI is InChI=1S/C20H11F2N7O.2C2H6/c21-13-2-1-3-14(22)12(13)9-28-18-16(26-20(28)30)8-24-19(27-18)29-10-25-15-5-4-11(7-23)6-17(15)29;2*1-2/h1-6,8,10H,9H2,(H,26,30);2*1-2H3. The van der Waals surface area contributed by atoms with Gasteiger partial charge in [-0.15, -0.1) is 0 Å². The number of rotatable bonds is 3. The Balaban J connectivity index is 0.000000771. The van der Waals surface area contributed by atoms with Gasteiger partial charge in [0.25, 0.3) is 0 Å². The van der Waals surface area contributed by atoms with Gasteiger partial charge >= 0.3 is 5.69 Å². The molecule has 0 saturated carbocycles. The summed E-state index contributed by atoms with van der Waals surface area (Å²) in [6, 6.07) is 10.6. The van der Waals surface area contributed by atoms with Gasteiger partial charge in [0.15, 0.2) is 5.65 Å². The van der Waals surface area contributed by atoms with Crippen LogP contribution in [0.15, 0.2) is 53.7 Å². The molecule has 0 aliphatic rings. The van der Waals surface area contributed by atoms with Gasteiger partial charge in [-0.1, -0.05) is 33.8 Å². The first-order chi connectivity index (χ1) is 16.5. The van der Waals surface area contributed by atoms with Gasteiger partial charge < -0.3 is 4.98 Å². The smallest absolute Gasteiger partial charge is 0.303 e. The second-order valence-electron chi connectivity index (χ2n) is 6.55.